The van der Waals surface area contributed by atoms with Crippen molar-refractivity contribution in [1.29, 1.82) is 0 Å². The van der Waals surface area contributed by atoms with Crippen LogP contribution >= 0.6 is 0 Å². The molecule has 0 radical (unpaired) electrons. The first-order valence-corrected chi connectivity index (χ1v) is 8.11. The Labute approximate surface area is 132 Å². The Morgan fingerprint density at radius 3 is 2.77 bits per heavy atom. The largest absolute Gasteiger partial charge is 0.508 e. The number of amides is 1. The van der Waals surface area contributed by atoms with Gasteiger partial charge in [-0.25, -0.2) is 0 Å². The molecule has 3 unspecified atom stereocenters. The fraction of sp³-hybridized carbons (Fsp3) is 0.611. The van der Waals surface area contributed by atoms with Crippen molar-refractivity contribution in [3.05, 3.63) is 29.8 Å². The molecule has 1 amide bonds. The number of aliphatic hydroxyl groups is 1. The zero-order valence-corrected chi connectivity index (χ0v) is 13.7. The smallest absolute Gasteiger partial charge is 0.252 e. The highest BCUT2D eigenvalue weighted by Crippen LogP contribution is 2.41. The van der Waals surface area contributed by atoms with Crippen LogP contribution in [-0.2, 0) is 11.3 Å². The van der Waals surface area contributed by atoms with Crippen molar-refractivity contribution in [1.82, 2.24) is 5.32 Å². The second-order valence-corrected chi connectivity index (χ2v) is 7.01. The van der Waals surface area contributed by atoms with Gasteiger partial charge in [0, 0.05) is 6.54 Å². The highest BCUT2D eigenvalue weighted by atomic mass is 16.3. The molecular weight excluding hydrogens is 278 g/mol. The van der Waals surface area contributed by atoms with Gasteiger partial charge in [0.25, 0.3) is 5.91 Å². The number of hydrogen-bond acceptors (Lipinski definition) is 3. The summed E-state index contributed by atoms with van der Waals surface area (Å²) in [6.07, 6.45) is 2.46. The van der Waals surface area contributed by atoms with Crippen molar-refractivity contribution in [2.24, 2.45) is 17.8 Å². The van der Waals surface area contributed by atoms with Crippen LogP contribution in [0.15, 0.2) is 24.3 Å². The number of phenols is 1. The van der Waals surface area contributed by atoms with E-state index in [0.717, 1.165) is 18.4 Å². The van der Waals surface area contributed by atoms with Crippen molar-refractivity contribution in [2.45, 2.75) is 52.2 Å². The molecule has 22 heavy (non-hydrogen) atoms. The van der Waals surface area contributed by atoms with Gasteiger partial charge < -0.3 is 15.5 Å². The van der Waals surface area contributed by atoms with E-state index in [9.17, 15) is 15.0 Å². The van der Waals surface area contributed by atoms with E-state index in [-0.39, 0.29) is 23.5 Å². The van der Waals surface area contributed by atoms with Gasteiger partial charge >= 0.3 is 0 Å². The van der Waals surface area contributed by atoms with Crippen LogP contribution in [0.4, 0.5) is 0 Å². The number of benzene rings is 1. The van der Waals surface area contributed by atoms with Gasteiger partial charge in [-0.3, -0.25) is 4.79 Å². The van der Waals surface area contributed by atoms with Crippen LogP contribution in [0.2, 0.25) is 0 Å². The lowest BCUT2D eigenvalue weighted by Crippen LogP contribution is -2.56. The first-order valence-electron chi connectivity index (χ1n) is 8.11. The number of carbonyl (C=O) groups excluding carboxylic acids is 1. The lowest BCUT2D eigenvalue weighted by molar-refractivity contribution is -0.156. The Hall–Kier alpha value is -1.55. The topological polar surface area (TPSA) is 69.6 Å². The quantitative estimate of drug-likeness (QED) is 0.801. The molecule has 4 heteroatoms. The zero-order valence-electron chi connectivity index (χ0n) is 13.7. The molecule has 0 heterocycles. The third-order valence-corrected chi connectivity index (χ3v) is 4.81. The van der Waals surface area contributed by atoms with Crippen molar-refractivity contribution < 1.29 is 15.0 Å². The summed E-state index contributed by atoms with van der Waals surface area (Å²) in [6.45, 7) is 6.53. The summed E-state index contributed by atoms with van der Waals surface area (Å²) < 4.78 is 0. The van der Waals surface area contributed by atoms with Gasteiger partial charge in [-0.15, -0.1) is 0 Å². The Balaban J connectivity index is 2.08. The number of rotatable bonds is 4. The van der Waals surface area contributed by atoms with Gasteiger partial charge in [0.2, 0.25) is 0 Å². The third-order valence-electron chi connectivity index (χ3n) is 4.81. The summed E-state index contributed by atoms with van der Waals surface area (Å²) in [5.41, 5.74) is -0.468. The van der Waals surface area contributed by atoms with Crippen LogP contribution in [0.1, 0.15) is 45.6 Å². The molecule has 1 aromatic rings. The molecule has 0 aliphatic heterocycles. The molecule has 1 fully saturated rings. The van der Waals surface area contributed by atoms with Crippen LogP contribution in [0.3, 0.4) is 0 Å². The minimum Gasteiger partial charge on any atom is -0.508 e. The number of carbonyl (C=O) groups is 1. The van der Waals surface area contributed by atoms with Gasteiger partial charge in [-0.05, 0) is 48.3 Å². The summed E-state index contributed by atoms with van der Waals surface area (Å²) in [7, 11) is 0. The molecule has 4 nitrogen and oxygen atoms in total. The molecule has 1 aromatic carbocycles. The van der Waals surface area contributed by atoms with E-state index >= 15 is 0 Å². The van der Waals surface area contributed by atoms with E-state index < -0.39 is 5.60 Å². The standard InChI is InChI=1S/C18H27NO3/c1-12(2)16-8-7-13(3)10-18(16,22)17(21)19-11-14-5-4-6-15(20)9-14/h4-6,9,12-13,16,20,22H,7-8,10-11H2,1-3H3,(H,19,21). The Bertz CT molecular complexity index is 529. The van der Waals surface area contributed by atoms with Gasteiger partial charge in [-0.1, -0.05) is 39.3 Å². The molecule has 3 atom stereocenters. The van der Waals surface area contributed by atoms with Crippen LogP contribution in [0, 0.1) is 17.8 Å². The number of nitrogens with one attached hydrogen (secondary N) is 1. The van der Waals surface area contributed by atoms with Crippen molar-refractivity contribution >= 4 is 5.91 Å². The average molecular weight is 305 g/mol. The minimum absolute atomic E-state index is 0.00660. The highest BCUT2D eigenvalue weighted by Gasteiger charge is 2.48. The fourth-order valence-corrected chi connectivity index (χ4v) is 3.64. The predicted octanol–water partition coefficient (Wildman–Crippen LogP) is 2.83. The molecule has 2 rings (SSSR count). The lowest BCUT2D eigenvalue weighted by Gasteiger charge is -2.43. The average Bonchev–Trinajstić information content (AvgIpc) is 2.44. The molecule has 1 saturated carbocycles. The summed E-state index contributed by atoms with van der Waals surface area (Å²) in [5, 5.41) is 23.3. The fourth-order valence-electron chi connectivity index (χ4n) is 3.64. The maximum absolute atomic E-state index is 12.6. The molecular formula is C18H27NO3. The van der Waals surface area contributed by atoms with E-state index in [2.05, 4.69) is 26.1 Å². The second kappa shape index (κ2) is 6.69. The van der Waals surface area contributed by atoms with Crippen molar-refractivity contribution in [2.75, 3.05) is 0 Å². The third kappa shape index (κ3) is 3.61. The maximum Gasteiger partial charge on any atom is 0.252 e. The summed E-state index contributed by atoms with van der Waals surface area (Å²) in [4.78, 5) is 12.6. The SMILES string of the molecule is CC1CCC(C(C)C)C(O)(C(=O)NCc2cccc(O)c2)C1. The van der Waals surface area contributed by atoms with Gasteiger partial charge in [-0.2, -0.15) is 0 Å². The van der Waals surface area contributed by atoms with E-state index in [1.807, 2.05) is 6.07 Å². The predicted molar refractivity (Wildman–Crippen MR) is 86.2 cm³/mol. The summed E-state index contributed by atoms with van der Waals surface area (Å²) in [5.74, 6) is 0.501. The van der Waals surface area contributed by atoms with E-state index in [0.29, 0.717) is 18.9 Å². The second-order valence-electron chi connectivity index (χ2n) is 7.01. The molecule has 0 spiro atoms. The maximum atomic E-state index is 12.6. The number of phenolic OH excluding ortho intramolecular Hbond substituents is 1. The number of hydrogen-bond donors (Lipinski definition) is 3. The number of aromatic hydroxyl groups is 1. The minimum atomic E-state index is -1.29. The molecule has 0 bridgehead atoms. The van der Waals surface area contributed by atoms with Gasteiger partial charge in [0.15, 0.2) is 0 Å². The van der Waals surface area contributed by atoms with E-state index in [1.54, 1.807) is 18.2 Å². The summed E-state index contributed by atoms with van der Waals surface area (Å²) in [6, 6.07) is 6.79. The highest BCUT2D eigenvalue weighted by molar-refractivity contribution is 5.85. The Kier molecular flexibility index (Phi) is 5.12. The first-order chi connectivity index (χ1) is 10.3. The Morgan fingerprint density at radius 1 is 1.41 bits per heavy atom. The zero-order chi connectivity index (χ0) is 16.3. The monoisotopic (exact) mass is 305 g/mol. The van der Waals surface area contributed by atoms with Crippen molar-refractivity contribution in [3.63, 3.8) is 0 Å². The van der Waals surface area contributed by atoms with Crippen LogP contribution in [0.25, 0.3) is 0 Å². The van der Waals surface area contributed by atoms with Crippen LogP contribution in [-0.4, -0.2) is 21.7 Å². The molecule has 0 aromatic heterocycles. The molecule has 3 N–H and O–H groups in total. The Morgan fingerprint density at radius 2 is 2.14 bits per heavy atom. The molecule has 122 valence electrons. The van der Waals surface area contributed by atoms with Crippen LogP contribution < -0.4 is 5.32 Å². The van der Waals surface area contributed by atoms with Gasteiger partial charge in [0.05, 0.1) is 0 Å². The molecule has 1 aliphatic carbocycles. The molecule has 1 aliphatic rings. The van der Waals surface area contributed by atoms with Gasteiger partial charge in [0.1, 0.15) is 11.4 Å². The normalized spacial score (nSPS) is 28.6. The van der Waals surface area contributed by atoms with Crippen LogP contribution in [0.5, 0.6) is 5.75 Å². The van der Waals surface area contributed by atoms with Crippen molar-refractivity contribution in [3.8, 4) is 5.75 Å². The van der Waals surface area contributed by atoms with E-state index in [4.69, 9.17) is 0 Å². The first kappa shape index (κ1) is 16.8. The molecule has 0 saturated heterocycles. The lowest BCUT2D eigenvalue weighted by atomic mass is 9.66. The van der Waals surface area contributed by atoms with E-state index in [1.165, 1.54) is 0 Å². The summed E-state index contributed by atoms with van der Waals surface area (Å²) >= 11 is 0.